The smallest absolute Gasteiger partial charge is 0.269 e. The van der Waals surface area contributed by atoms with Crippen molar-refractivity contribution in [2.45, 2.75) is 18.4 Å². The minimum atomic E-state index is -0.418. The average Bonchev–Trinajstić information content (AvgIpc) is 2.67. The van der Waals surface area contributed by atoms with Gasteiger partial charge in [-0.25, -0.2) is 0 Å². The molecule has 1 saturated heterocycles. The molecular weight excluding hydrogens is 362 g/mol. The molecule has 0 radical (unpaired) electrons. The van der Waals surface area contributed by atoms with Gasteiger partial charge in [0.15, 0.2) is 0 Å². The highest BCUT2D eigenvalue weighted by Crippen LogP contribution is 2.21. The molecule has 2 aromatic rings. The van der Waals surface area contributed by atoms with Crippen LogP contribution in [0.1, 0.15) is 11.1 Å². The van der Waals surface area contributed by atoms with Gasteiger partial charge in [0, 0.05) is 22.6 Å². The number of piperazine rings is 1. The monoisotopic (exact) mass is 386 g/mol. The number of thioether (sulfide) groups is 1. The van der Waals surface area contributed by atoms with Crippen LogP contribution in [0.5, 0.6) is 0 Å². The molecule has 0 spiro atoms. The molecule has 27 heavy (non-hydrogen) atoms. The number of hydrogen-bond acceptors (Lipinski definition) is 4. The van der Waals surface area contributed by atoms with Gasteiger partial charge in [0.05, 0.1) is 36.9 Å². The predicted molar refractivity (Wildman–Crippen MR) is 106 cm³/mol. The fourth-order valence-corrected chi connectivity index (χ4v) is 4.06. The molecule has 1 N–H and O–H groups in total. The number of amides is 1. The number of hydrogen-bond donors (Lipinski definition) is 1. The Bertz CT molecular complexity index is 802. The summed E-state index contributed by atoms with van der Waals surface area (Å²) >= 11 is 1.43. The SMILES string of the molecule is Cc1cccc(C[NH+]2CCN(C(=O)CSc3ccc([N+](=O)[O-])cc3)CC2)c1. The summed E-state index contributed by atoms with van der Waals surface area (Å²) in [5.41, 5.74) is 2.70. The first kappa shape index (κ1) is 19.4. The zero-order chi connectivity index (χ0) is 19.2. The van der Waals surface area contributed by atoms with Gasteiger partial charge < -0.3 is 9.80 Å². The van der Waals surface area contributed by atoms with Gasteiger partial charge in [-0.05, 0) is 19.1 Å². The molecule has 142 valence electrons. The summed E-state index contributed by atoms with van der Waals surface area (Å²) in [7, 11) is 0. The molecule has 0 aliphatic carbocycles. The molecule has 1 aliphatic heterocycles. The summed E-state index contributed by atoms with van der Waals surface area (Å²) in [6.07, 6.45) is 0. The Hall–Kier alpha value is -2.38. The van der Waals surface area contributed by atoms with Crippen LogP contribution < -0.4 is 4.90 Å². The van der Waals surface area contributed by atoms with E-state index < -0.39 is 4.92 Å². The van der Waals surface area contributed by atoms with Crippen molar-refractivity contribution in [2.24, 2.45) is 0 Å². The minimum absolute atomic E-state index is 0.0679. The Morgan fingerprint density at radius 1 is 1.19 bits per heavy atom. The molecule has 1 aliphatic rings. The van der Waals surface area contributed by atoms with Crippen molar-refractivity contribution in [3.8, 4) is 0 Å². The summed E-state index contributed by atoms with van der Waals surface area (Å²) in [5, 5.41) is 10.7. The van der Waals surface area contributed by atoms with Crippen LogP contribution in [0.2, 0.25) is 0 Å². The van der Waals surface area contributed by atoms with Crippen LogP contribution >= 0.6 is 11.8 Å². The Morgan fingerprint density at radius 3 is 2.52 bits per heavy atom. The van der Waals surface area contributed by atoms with Crippen LogP contribution in [0.25, 0.3) is 0 Å². The van der Waals surface area contributed by atoms with E-state index in [4.69, 9.17) is 0 Å². The summed E-state index contributed by atoms with van der Waals surface area (Å²) in [6, 6.07) is 14.9. The van der Waals surface area contributed by atoms with Crippen molar-refractivity contribution < 1.29 is 14.6 Å². The second kappa shape index (κ2) is 9.01. The number of aryl methyl sites for hydroxylation is 1. The lowest BCUT2D eigenvalue weighted by molar-refractivity contribution is -0.917. The summed E-state index contributed by atoms with van der Waals surface area (Å²) in [4.78, 5) is 27.0. The topological polar surface area (TPSA) is 67.9 Å². The third-order valence-electron chi connectivity index (χ3n) is 4.77. The Balaban J connectivity index is 1.43. The van der Waals surface area contributed by atoms with E-state index in [2.05, 4.69) is 31.2 Å². The van der Waals surface area contributed by atoms with Gasteiger partial charge in [-0.1, -0.05) is 29.8 Å². The summed E-state index contributed by atoms with van der Waals surface area (Å²) in [6.45, 7) is 6.59. The van der Waals surface area contributed by atoms with Crippen molar-refractivity contribution in [3.63, 3.8) is 0 Å². The van der Waals surface area contributed by atoms with E-state index in [1.54, 1.807) is 12.1 Å². The first-order valence-electron chi connectivity index (χ1n) is 9.05. The molecule has 0 aromatic heterocycles. The van der Waals surface area contributed by atoms with Crippen molar-refractivity contribution in [1.82, 2.24) is 4.90 Å². The second-order valence-corrected chi connectivity index (χ2v) is 7.89. The highest BCUT2D eigenvalue weighted by atomic mass is 32.2. The molecule has 0 saturated carbocycles. The second-order valence-electron chi connectivity index (χ2n) is 6.84. The number of nitrogens with one attached hydrogen (secondary N) is 1. The molecule has 1 amide bonds. The van der Waals surface area contributed by atoms with E-state index in [9.17, 15) is 14.9 Å². The Kier molecular flexibility index (Phi) is 6.47. The number of carbonyl (C=O) groups excluding carboxylic acids is 1. The number of carbonyl (C=O) groups is 1. The Labute approximate surface area is 163 Å². The molecule has 1 heterocycles. The molecule has 3 rings (SSSR count). The van der Waals surface area contributed by atoms with Crippen LogP contribution in [0.4, 0.5) is 5.69 Å². The first-order chi connectivity index (χ1) is 13.0. The molecule has 1 fully saturated rings. The zero-order valence-electron chi connectivity index (χ0n) is 15.4. The van der Waals surface area contributed by atoms with E-state index in [0.717, 1.165) is 37.6 Å². The molecular formula is C20H24N3O3S+. The molecule has 2 aromatic carbocycles. The van der Waals surface area contributed by atoms with Gasteiger partial charge in [0.2, 0.25) is 5.91 Å². The molecule has 7 heteroatoms. The summed E-state index contributed by atoms with van der Waals surface area (Å²) < 4.78 is 0. The quantitative estimate of drug-likeness (QED) is 0.468. The molecule has 0 atom stereocenters. The van der Waals surface area contributed by atoms with Crippen LogP contribution in [0, 0.1) is 17.0 Å². The number of non-ortho nitro benzene ring substituents is 1. The first-order valence-corrected chi connectivity index (χ1v) is 10.0. The van der Waals surface area contributed by atoms with E-state index in [1.165, 1.54) is 39.9 Å². The van der Waals surface area contributed by atoms with Crippen LogP contribution in [0.15, 0.2) is 53.4 Å². The number of nitro benzene ring substituents is 1. The number of quaternary nitrogens is 1. The number of benzene rings is 2. The normalized spacial score (nSPS) is 14.9. The van der Waals surface area contributed by atoms with Gasteiger partial charge in [0.25, 0.3) is 5.69 Å². The maximum Gasteiger partial charge on any atom is 0.269 e. The van der Waals surface area contributed by atoms with Crippen molar-refractivity contribution >= 4 is 23.4 Å². The standard InChI is InChI=1S/C20H23N3O3S/c1-16-3-2-4-17(13-16)14-21-9-11-22(12-10-21)20(24)15-27-19-7-5-18(6-8-19)23(25)26/h2-8,13H,9-12,14-15H2,1H3/p+1. The zero-order valence-corrected chi connectivity index (χ0v) is 16.2. The van der Waals surface area contributed by atoms with Crippen molar-refractivity contribution in [2.75, 3.05) is 31.9 Å². The van der Waals surface area contributed by atoms with Gasteiger partial charge in [-0.3, -0.25) is 14.9 Å². The van der Waals surface area contributed by atoms with Gasteiger partial charge in [-0.2, -0.15) is 0 Å². The maximum atomic E-state index is 12.4. The lowest BCUT2D eigenvalue weighted by atomic mass is 10.1. The van der Waals surface area contributed by atoms with E-state index >= 15 is 0 Å². The van der Waals surface area contributed by atoms with Crippen molar-refractivity contribution in [1.29, 1.82) is 0 Å². The minimum Gasteiger partial charge on any atom is -0.331 e. The van der Waals surface area contributed by atoms with Crippen LogP contribution in [-0.2, 0) is 11.3 Å². The van der Waals surface area contributed by atoms with Crippen molar-refractivity contribution in [3.05, 3.63) is 69.8 Å². The highest BCUT2D eigenvalue weighted by molar-refractivity contribution is 8.00. The largest absolute Gasteiger partial charge is 0.331 e. The van der Waals surface area contributed by atoms with Crippen LogP contribution in [0.3, 0.4) is 0 Å². The van der Waals surface area contributed by atoms with Crippen LogP contribution in [-0.4, -0.2) is 47.7 Å². The Morgan fingerprint density at radius 2 is 1.89 bits per heavy atom. The fraction of sp³-hybridized carbons (Fsp3) is 0.350. The predicted octanol–water partition coefficient (Wildman–Crippen LogP) is 1.92. The van der Waals surface area contributed by atoms with Gasteiger partial charge in [0.1, 0.15) is 6.54 Å². The number of nitrogens with zero attached hydrogens (tertiary/aromatic N) is 2. The highest BCUT2D eigenvalue weighted by Gasteiger charge is 2.23. The van der Waals surface area contributed by atoms with E-state index in [1.807, 2.05) is 4.90 Å². The molecule has 0 unspecified atom stereocenters. The fourth-order valence-electron chi connectivity index (χ4n) is 3.26. The van der Waals surface area contributed by atoms with E-state index in [-0.39, 0.29) is 11.6 Å². The molecule has 6 nitrogen and oxygen atoms in total. The van der Waals surface area contributed by atoms with Gasteiger partial charge in [-0.15, -0.1) is 11.8 Å². The van der Waals surface area contributed by atoms with E-state index in [0.29, 0.717) is 5.75 Å². The number of nitro groups is 1. The third kappa shape index (κ3) is 5.55. The maximum absolute atomic E-state index is 12.4. The number of rotatable bonds is 6. The average molecular weight is 386 g/mol. The lowest BCUT2D eigenvalue weighted by Crippen LogP contribution is -3.13. The summed E-state index contributed by atoms with van der Waals surface area (Å²) in [5.74, 6) is 0.498. The van der Waals surface area contributed by atoms with Gasteiger partial charge >= 0.3 is 0 Å². The lowest BCUT2D eigenvalue weighted by Gasteiger charge is -2.32. The molecule has 0 bridgehead atoms. The third-order valence-corrected chi connectivity index (χ3v) is 5.77.